The molecule has 1 unspecified atom stereocenters. The molecule has 4 rings (SSSR count). The molecule has 0 saturated heterocycles. The number of hydrogen-bond acceptors (Lipinski definition) is 7. The van der Waals surface area contributed by atoms with Crippen molar-refractivity contribution in [2.75, 3.05) is 0 Å². The van der Waals surface area contributed by atoms with E-state index in [0.29, 0.717) is 27.2 Å². The first-order valence-electron chi connectivity index (χ1n) is 12.5. The van der Waals surface area contributed by atoms with Crippen molar-refractivity contribution < 1.29 is 23.5 Å². The predicted octanol–water partition coefficient (Wildman–Crippen LogP) is 7.04. The molecule has 1 amide bonds. The number of nitrogens with two attached hydrogens (primary N) is 1. The van der Waals surface area contributed by atoms with Crippen LogP contribution in [-0.2, 0) is 4.74 Å². The molecular weight excluding hydrogens is 518 g/mol. The Balaban J connectivity index is 1.71. The predicted molar refractivity (Wildman–Crippen MR) is 151 cm³/mol. The number of fused-ring (bicyclic) bond motifs is 1. The van der Waals surface area contributed by atoms with Gasteiger partial charge in [-0.1, -0.05) is 35.9 Å². The largest absolute Gasteiger partial charge is 0.456 e. The molecule has 0 aliphatic carbocycles. The molecule has 0 bridgehead atoms. The van der Waals surface area contributed by atoms with Crippen LogP contribution < -0.4 is 15.8 Å². The SMILES string of the molecule is CC(C)(C)NC(=O)Oc1nc2c(-c3cccc(Cl)c3)cc(C(N)c3ccc(C(=O)OC(C)(C)C)cc3)cc2o1. The van der Waals surface area contributed by atoms with Gasteiger partial charge in [0.2, 0.25) is 0 Å². The number of carbonyl (C=O) groups excluding carboxylic acids is 2. The standard InChI is InChI=1S/C30H32ClN3O5/c1-29(2,3)34-27(36)38-28-33-25-22(19-8-7-9-21(31)14-19)15-20(16-23(25)37-28)24(32)17-10-12-18(13-11-17)26(35)39-30(4,5)6/h7-16,24H,32H2,1-6H3,(H,34,36). The molecule has 3 aromatic carbocycles. The van der Waals surface area contributed by atoms with Gasteiger partial charge in [-0.2, -0.15) is 4.98 Å². The lowest BCUT2D eigenvalue weighted by molar-refractivity contribution is 0.00694. The molecule has 8 nitrogen and oxygen atoms in total. The van der Waals surface area contributed by atoms with Gasteiger partial charge in [0.1, 0.15) is 11.1 Å². The Kier molecular flexibility index (Phi) is 7.73. The fourth-order valence-corrected chi connectivity index (χ4v) is 4.09. The van der Waals surface area contributed by atoms with Crippen molar-refractivity contribution in [1.29, 1.82) is 0 Å². The number of halogens is 1. The molecule has 0 fully saturated rings. The molecule has 1 heterocycles. The first-order chi connectivity index (χ1) is 18.2. The lowest BCUT2D eigenvalue weighted by atomic mass is 9.94. The van der Waals surface area contributed by atoms with Gasteiger partial charge in [0.25, 0.3) is 0 Å². The summed E-state index contributed by atoms with van der Waals surface area (Å²) in [7, 11) is 0. The molecule has 3 N–H and O–H groups in total. The molecule has 4 aromatic rings. The zero-order valence-corrected chi connectivity index (χ0v) is 23.6. The summed E-state index contributed by atoms with van der Waals surface area (Å²) in [5.41, 5.74) is 9.91. The summed E-state index contributed by atoms with van der Waals surface area (Å²) in [4.78, 5) is 29.2. The average Bonchev–Trinajstić information content (AvgIpc) is 3.22. The lowest BCUT2D eigenvalue weighted by Gasteiger charge is -2.20. The topological polar surface area (TPSA) is 117 Å². The Labute approximate surface area is 232 Å². The van der Waals surface area contributed by atoms with E-state index in [9.17, 15) is 9.59 Å². The number of esters is 1. The van der Waals surface area contributed by atoms with Crippen LogP contribution in [0.1, 0.15) is 69.1 Å². The maximum absolute atomic E-state index is 12.4. The van der Waals surface area contributed by atoms with Crippen LogP contribution in [0.15, 0.2) is 65.1 Å². The molecule has 0 aliphatic rings. The lowest BCUT2D eigenvalue weighted by Crippen LogP contribution is -2.42. The van der Waals surface area contributed by atoms with Crippen molar-refractivity contribution in [3.63, 3.8) is 0 Å². The summed E-state index contributed by atoms with van der Waals surface area (Å²) in [6.45, 7) is 11.0. The second kappa shape index (κ2) is 10.7. The zero-order chi connectivity index (χ0) is 28.5. The van der Waals surface area contributed by atoms with Crippen LogP contribution in [0.4, 0.5) is 4.79 Å². The second-order valence-electron chi connectivity index (χ2n) is 11.3. The molecule has 9 heteroatoms. The molecular formula is C30H32ClN3O5. The van der Waals surface area contributed by atoms with Crippen LogP contribution in [0.25, 0.3) is 22.2 Å². The van der Waals surface area contributed by atoms with E-state index in [0.717, 1.165) is 16.7 Å². The van der Waals surface area contributed by atoms with Gasteiger partial charge in [-0.25, -0.2) is 9.59 Å². The van der Waals surface area contributed by atoms with Crippen LogP contribution in [0, 0.1) is 0 Å². The first kappa shape index (κ1) is 28.1. The molecule has 1 atom stereocenters. The Morgan fingerprint density at radius 3 is 2.28 bits per heavy atom. The quantitative estimate of drug-likeness (QED) is 0.256. The third-order valence-electron chi connectivity index (χ3n) is 5.55. The molecule has 0 spiro atoms. The molecule has 0 radical (unpaired) electrons. The maximum atomic E-state index is 12.4. The highest BCUT2D eigenvalue weighted by Crippen LogP contribution is 2.36. The Bertz CT molecular complexity index is 1510. The number of rotatable bonds is 5. The average molecular weight is 550 g/mol. The highest BCUT2D eigenvalue weighted by Gasteiger charge is 2.22. The van der Waals surface area contributed by atoms with E-state index in [4.69, 9.17) is 31.2 Å². The summed E-state index contributed by atoms with van der Waals surface area (Å²) in [5.74, 6) is -0.406. The van der Waals surface area contributed by atoms with E-state index in [1.54, 1.807) is 36.4 Å². The van der Waals surface area contributed by atoms with Gasteiger partial charge in [0.05, 0.1) is 11.6 Å². The van der Waals surface area contributed by atoms with Gasteiger partial charge < -0.3 is 24.9 Å². The summed E-state index contributed by atoms with van der Waals surface area (Å²) < 4.78 is 16.6. The molecule has 39 heavy (non-hydrogen) atoms. The first-order valence-corrected chi connectivity index (χ1v) is 12.9. The van der Waals surface area contributed by atoms with E-state index in [-0.39, 0.29) is 6.08 Å². The van der Waals surface area contributed by atoms with E-state index in [2.05, 4.69) is 10.3 Å². The zero-order valence-electron chi connectivity index (χ0n) is 22.8. The molecule has 0 saturated carbocycles. The van der Waals surface area contributed by atoms with Crippen molar-refractivity contribution in [2.24, 2.45) is 5.73 Å². The minimum absolute atomic E-state index is 0.192. The number of nitrogens with one attached hydrogen (secondary N) is 1. The van der Waals surface area contributed by atoms with Crippen LogP contribution in [0.2, 0.25) is 5.02 Å². The summed E-state index contributed by atoms with van der Waals surface area (Å²) in [6.07, 6.45) is -0.872. The Morgan fingerprint density at radius 1 is 0.974 bits per heavy atom. The van der Waals surface area contributed by atoms with Crippen LogP contribution >= 0.6 is 11.6 Å². The fourth-order valence-electron chi connectivity index (χ4n) is 3.90. The van der Waals surface area contributed by atoms with Crippen LogP contribution in [0.5, 0.6) is 6.08 Å². The van der Waals surface area contributed by atoms with Crippen molar-refractivity contribution >= 4 is 34.8 Å². The highest BCUT2D eigenvalue weighted by atomic mass is 35.5. The van der Waals surface area contributed by atoms with Gasteiger partial charge in [0.15, 0.2) is 5.58 Å². The normalized spacial score (nSPS) is 12.7. The highest BCUT2D eigenvalue weighted by molar-refractivity contribution is 6.30. The van der Waals surface area contributed by atoms with E-state index >= 15 is 0 Å². The molecule has 0 aliphatic heterocycles. The number of oxazole rings is 1. The van der Waals surface area contributed by atoms with Crippen molar-refractivity contribution in [3.05, 3.63) is 82.4 Å². The van der Waals surface area contributed by atoms with E-state index in [1.165, 1.54) is 0 Å². The summed E-state index contributed by atoms with van der Waals surface area (Å²) >= 11 is 6.28. The van der Waals surface area contributed by atoms with E-state index in [1.807, 2.05) is 65.8 Å². The Hall–Kier alpha value is -3.88. The number of benzene rings is 3. The van der Waals surface area contributed by atoms with Gasteiger partial charge >= 0.3 is 18.1 Å². The Morgan fingerprint density at radius 2 is 1.67 bits per heavy atom. The fraction of sp³-hybridized carbons (Fsp3) is 0.300. The number of amides is 1. The van der Waals surface area contributed by atoms with Crippen LogP contribution in [0.3, 0.4) is 0 Å². The van der Waals surface area contributed by atoms with Crippen molar-refractivity contribution in [3.8, 4) is 17.2 Å². The van der Waals surface area contributed by atoms with Gasteiger partial charge in [-0.05, 0) is 94.6 Å². The smallest absolute Gasteiger partial charge is 0.416 e. The molecule has 204 valence electrons. The number of carbonyl (C=O) groups is 2. The number of hydrogen-bond donors (Lipinski definition) is 2. The third-order valence-corrected chi connectivity index (χ3v) is 5.79. The van der Waals surface area contributed by atoms with Crippen LogP contribution in [-0.4, -0.2) is 28.2 Å². The number of ether oxygens (including phenoxy) is 2. The van der Waals surface area contributed by atoms with Gasteiger partial charge in [-0.3, -0.25) is 0 Å². The molecule has 1 aromatic heterocycles. The minimum atomic E-state index is -0.680. The number of aromatic nitrogens is 1. The maximum Gasteiger partial charge on any atom is 0.416 e. The van der Waals surface area contributed by atoms with Gasteiger partial charge in [0, 0.05) is 16.1 Å². The second-order valence-corrected chi connectivity index (χ2v) is 11.7. The minimum Gasteiger partial charge on any atom is -0.456 e. The van der Waals surface area contributed by atoms with Crippen molar-refractivity contribution in [1.82, 2.24) is 10.3 Å². The van der Waals surface area contributed by atoms with Gasteiger partial charge in [-0.15, -0.1) is 0 Å². The summed E-state index contributed by atoms with van der Waals surface area (Å²) in [6, 6.07) is 17.4. The third kappa shape index (κ3) is 7.16. The van der Waals surface area contributed by atoms with E-state index < -0.39 is 29.2 Å². The summed E-state index contributed by atoms with van der Waals surface area (Å²) in [5, 5.41) is 3.26. The van der Waals surface area contributed by atoms with Crippen molar-refractivity contribution in [2.45, 2.75) is 58.7 Å². The number of nitrogens with zero attached hydrogens (tertiary/aromatic N) is 1. The monoisotopic (exact) mass is 549 g/mol.